The Morgan fingerprint density at radius 2 is 1.70 bits per heavy atom. The number of para-hydroxylation sites is 1. The number of aromatic nitrogens is 2. The molecule has 1 amide bonds. The summed E-state index contributed by atoms with van der Waals surface area (Å²) in [7, 11) is 0. The van der Waals surface area contributed by atoms with E-state index in [0.29, 0.717) is 38.0 Å². The summed E-state index contributed by atoms with van der Waals surface area (Å²) in [6.07, 6.45) is 2.09. The van der Waals surface area contributed by atoms with Crippen LogP contribution in [0.25, 0.3) is 6.08 Å². The van der Waals surface area contributed by atoms with Crippen LogP contribution in [-0.2, 0) is 0 Å². The molecule has 0 radical (unpaired) electrons. The number of carbonyl (C=O) groups is 1. The number of nitrogens with zero attached hydrogens (tertiary/aromatic N) is 4. The van der Waals surface area contributed by atoms with E-state index < -0.39 is 0 Å². The van der Waals surface area contributed by atoms with Gasteiger partial charge in [0, 0.05) is 55.1 Å². The van der Waals surface area contributed by atoms with E-state index in [2.05, 4.69) is 16.3 Å². The summed E-state index contributed by atoms with van der Waals surface area (Å²) in [6, 6.07) is 20.9. The largest absolute Gasteiger partial charge is 0.439 e. The van der Waals surface area contributed by atoms with E-state index in [0.717, 1.165) is 29.4 Å². The number of hydrogen-bond donors (Lipinski definition) is 1. The van der Waals surface area contributed by atoms with Crippen LogP contribution in [0.4, 0.5) is 5.95 Å². The molecule has 168 valence electrons. The normalized spacial score (nSPS) is 17.4. The Balaban J connectivity index is 1.35. The Morgan fingerprint density at radius 3 is 2.39 bits per heavy atom. The highest BCUT2D eigenvalue weighted by Gasteiger charge is 2.24. The number of nitrogens with one attached hydrogen (secondary N) is 1. The molecule has 2 aliphatic heterocycles. The van der Waals surface area contributed by atoms with E-state index in [4.69, 9.17) is 14.7 Å². The lowest BCUT2D eigenvalue weighted by molar-refractivity contribution is 0.0746. The van der Waals surface area contributed by atoms with Crippen molar-refractivity contribution >= 4 is 29.7 Å². The summed E-state index contributed by atoms with van der Waals surface area (Å²) >= 11 is 1.78. The molecule has 1 aromatic heterocycles. The lowest BCUT2D eigenvalue weighted by Crippen LogP contribution is -2.49. The third-order valence-corrected chi connectivity index (χ3v) is 6.50. The first-order chi connectivity index (χ1) is 16.2. The minimum atomic E-state index is 0.0634. The third-order valence-electron chi connectivity index (χ3n) is 5.51. The molecule has 3 aromatic rings. The van der Waals surface area contributed by atoms with Gasteiger partial charge in [0.15, 0.2) is 0 Å². The number of benzene rings is 2. The fourth-order valence-electron chi connectivity index (χ4n) is 3.81. The van der Waals surface area contributed by atoms with Gasteiger partial charge in [-0.3, -0.25) is 4.79 Å². The van der Waals surface area contributed by atoms with Gasteiger partial charge in [-0.15, -0.1) is 11.8 Å². The summed E-state index contributed by atoms with van der Waals surface area (Å²) in [4.78, 5) is 27.5. The van der Waals surface area contributed by atoms with Crippen LogP contribution in [0.2, 0.25) is 0 Å². The molecule has 2 fully saturated rings. The monoisotopic (exact) mass is 459 g/mol. The van der Waals surface area contributed by atoms with Gasteiger partial charge in [0.05, 0.1) is 5.69 Å². The molecule has 0 bridgehead atoms. The quantitative estimate of drug-likeness (QED) is 0.621. The van der Waals surface area contributed by atoms with Gasteiger partial charge in [-0.05, 0) is 30.3 Å². The molecule has 2 aromatic carbocycles. The smallest absolute Gasteiger partial charge is 0.253 e. The maximum Gasteiger partial charge on any atom is 0.253 e. The predicted octanol–water partition coefficient (Wildman–Crippen LogP) is 3.87. The number of anilines is 1. The number of thioether (sulfide) groups is 1. The van der Waals surface area contributed by atoms with Crippen molar-refractivity contribution < 1.29 is 9.53 Å². The van der Waals surface area contributed by atoms with Gasteiger partial charge in [0.1, 0.15) is 5.75 Å². The summed E-state index contributed by atoms with van der Waals surface area (Å²) in [5.41, 5.74) is 1.54. The Morgan fingerprint density at radius 1 is 0.970 bits per heavy atom. The second-order valence-corrected chi connectivity index (χ2v) is 8.92. The standard InChI is InChI=1S/C25H25N5O2S/c31-24(19-7-3-1-4-8-19)29-11-13-30(14-12-29)25-27-20(15-22-17-26-18-33-22)16-23(28-25)32-21-9-5-2-6-10-21/h1-10,15-16,26H,11-14,17-18H2. The van der Waals surface area contributed by atoms with Gasteiger partial charge in [-0.1, -0.05) is 36.4 Å². The molecule has 5 rings (SSSR count). The zero-order chi connectivity index (χ0) is 22.5. The van der Waals surface area contributed by atoms with Gasteiger partial charge < -0.3 is 19.9 Å². The van der Waals surface area contributed by atoms with Gasteiger partial charge in [-0.2, -0.15) is 4.98 Å². The van der Waals surface area contributed by atoms with Crippen molar-refractivity contribution in [3.05, 3.63) is 82.9 Å². The molecule has 0 unspecified atom stereocenters. The fourth-order valence-corrected chi connectivity index (χ4v) is 4.60. The average molecular weight is 460 g/mol. The van der Waals surface area contributed by atoms with Crippen molar-refractivity contribution in [1.29, 1.82) is 0 Å². The van der Waals surface area contributed by atoms with Crippen molar-refractivity contribution in [2.75, 3.05) is 43.5 Å². The van der Waals surface area contributed by atoms with Gasteiger partial charge in [0.25, 0.3) is 5.91 Å². The molecular weight excluding hydrogens is 434 g/mol. The van der Waals surface area contributed by atoms with Crippen LogP contribution < -0.4 is 15.0 Å². The molecule has 0 atom stereocenters. The van der Waals surface area contributed by atoms with Crippen molar-refractivity contribution in [3.8, 4) is 11.6 Å². The second kappa shape index (κ2) is 10.1. The molecule has 2 saturated heterocycles. The van der Waals surface area contributed by atoms with Crippen LogP contribution in [0.5, 0.6) is 11.6 Å². The summed E-state index contributed by atoms with van der Waals surface area (Å²) < 4.78 is 6.04. The molecule has 1 N–H and O–H groups in total. The van der Waals surface area contributed by atoms with Crippen LogP contribution in [0.15, 0.2) is 71.6 Å². The van der Waals surface area contributed by atoms with E-state index in [1.165, 1.54) is 4.91 Å². The van der Waals surface area contributed by atoms with E-state index in [1.54, 1.807) is 11.8 Å². The first-order valence-electron chi connectivity index (χ1n) is 11.0. The van der Waals surface area contributed by atoms with Crippen molar-refractivity contribution in [2.24, 2.45) is 0 Å². The van der Waals surface area contributed by atoms with Crippen LogP contribution in [-0.4, -0.2) is 59.4 Å². The van der Waals surface area contributed by atoms with E-state index >= 15 is 0 Å². The van der Waals surface area contributed by atoms with Crippen LogP contribution in [0, 0.1) is 0 Å². The lowest BCUT2D eigenvalue weighted by Gasteiger charge is -2.35. The zero-order valence-electron chi connectivity index (χ0n) is 18.2. The topological polar surface area (TPSA) is 70.6 Å². The van der Waals surface area contributed by atoms with Gasteiger partial charge in [-0.25, -0.2) is 4.98 Å². The number of piperazine rings is 1. The van der Waals surface area contributed by atoms with Crippen molar-refractivity contribution in [1.82, 2.24) is 20.2 Å². The first-order valence-corrected chi connectivity index (χ1v) is 12.0. The second-order valence-electron chi connectivity index (χ2n) is 7.82. The predicted molar refractivity (Wildman–Crippen MR) is 132 cm³/mol. The molecule has 2 aliphatic rings. The van der Waals surface area contributed by atoms with E-state index in [-0.39, 0.29) is 5.91 Å². The maximum absolute atomic E-state index is 12.8. The van der Waals surface area contributed by atoms with Crippen molar-refractivity contribution in [2.45, 2.75) is 0 Å². The summed E-state index contributed by atoms with van der Waals surface area (Å²) in [6.45, 7) is 3.42. The number of ether oxygens (including phenoxy) is 1. The minimum Gasteiger partial charge on any atom is -0.439 e. The molecule has 3 heterocycles. The summed E-state index contributed by atoms with van der Waals surface area (Å²) in [5.74, 6) is 2.84. The van der Waals surface area contributed by atoms with E-state index in [9.17, 15) is 4.79 Å². The molecule has 0 spiro atoms. The van der Waals surface area contributed by atoms with Crippen LogP contribution >= 0.6 is 11.8 Å². The Hall–Kier alpha value is -3.36. The van der Waals surface area contributed by atoms with Gasteiger partial charge >= 0.3 is 0 Å². The molecule has 0 saturated carbocycles. The fraction of sp³-hybridized carbons (Fsp3) is 0.240. The minimum absolute atomic E-state index is 0.0634. The van der Waals surface area contributed by atoms with Crippen LogP contribution in [0.3, 0.4) is 0 Å². The molecule has 7 nitrogen and oxygen atoms in total. The van der Waals surface area contributed by atoms with Crippen LogP contribution in [0.1, 0.15) is 16.1 Å². The highest BCUT2D eigenvalue weighted by atomic mass is 32.2. The van der Waals surface area contributed by atoms with Crippen molar-refractivity contribution in [3.63, 3.8) is 0 Å². The third kappa shape index (κ3) is 5.35. The zero-order valence-corrected chi connectivity index (χ0v) is 19.0. The molecule has 0 aliphatic carbocycles. The molecule has 8 heteroatoms. The Labute approximate surface area is 197 Å². The Kier molecular flexibility index (Phi) is 6.55. The lowest BCUT2D eigenvalue weighted by atomic mass is 10.2. The molecular formula is C25H25N5O2S. The average Bonchev–Trinajstić information content (AvgIpc) is 3.38. The van der Waals surface area contributed by atoms with Gasteiger partial charge in [0.2, 0.25) is 11.8 Å². The highest BCUT2D eigenvalue weighted by molar-refractivity contribution is 8.03. The number of carbonyl (C=O) groups excluding carboxylic acids is 1. The Bertz CT molecular complexity index is 1120. The summed E-state index contributed by atoms with van der Waals surface area (Å²) in [5, 5.41) is 3.33. The van der Waals surface area contributed by atoms with E-state index in [1.807, 2.05) is 71.6 Å². The number of hydrogen-bond acceptors (Lipinski definition) is 7. The maximum atomic E-state index is 12.8. The molecule has 33 heavy (non-hydrogen) atoms. The highest BCUT2D eigenvalue weighted by Crippen LogP contribution is 2.27. The SMILES string of the molecule is O=C(c1ccccc1)N1CCN(c2nc(C=C3CNCS3)cc(Oc3ccccc3)n2)CC1. The number of amides is 1. The first kappa shape index (κ1) is 21.5. The number of rotatable bonds is 5.